The first kappa shape index (κ1) is 16.6. The third-order valence-electron chi connectivity index (χ3n) is 4.24. The summed E-state index contributed by atoms with van der Waals surface area (Å²) >= 11 is 0. The zero-order valence-electron chi connectivity index (χ0n) is 13.2. The molecule has 0 bridgehead atoms. The number of hydrogen-bond donors (Lipinski definition) is 1. The van der Waals surface area contributed by atoms with E-state index in [-0.39, 0.29) is 4.90 Å². The van der Waals surface area contributed by atoms with Gasteiger partial charge < -0.3 is 4.98 Å². The van der Waals surface area contributed by atoms with Gasteiger partial charge in [0, 0.05) is 25.0 Å². The highest BCUT2D eigenvalue weighted by Crippen LogP contribution is 2.37. The number of aromatic nitrogens is 2. The van der Waals surface area contributed by atoms with Gasteiger partial charge >= 0.3 is 0 Å². The Hall–Kier alpha value is -2.26. The van der Waals surface area contributed by atoms with Gasteiger partial charge in [-0.15, -0.1) is 0 Å². The Kier molecular flexibility index (Phi) is 4.37. The summed E-state index contributed by atoms with van der Waals surface area (Å²) in [4.78, 5) is 17.6. The van der Waals surface area contributed by atoms with E-state index in [1.54, 1.807) is 25.4 Å². The molecule has 24 heavy (non-hydrogen) atoms. The van der Waals surface area contributed by atoms with Gasteiger partial charge in [-0.1, -0.05) is 18.6 Å². The number of nitro benzene ring substituents is 1. The predicted octanol–water partition coefficient (Wildman–Crippen LogP) is 2.54. The molecule has 1 fully saturated rings. The van der Waals surface area contributed by atoms with Crippen molar-refractivity contribution in [3.05, 3.63) is 52.1 Å². The monoisotopic (exact) mass is 350 g/mol. The highest BCUT2D eigenvalue weighted by molar-refractivity contribution is 7.89. The smallest absolute Gasteiger partial charge is 0.289 e. The Morgan fingerprint density at radius 3 is 2.83 bits per heavy atom. The van der Waals surface area contributed by atoms with Gasteiger partial charge in [-0.2, -0.15) is 4.31 Å². The number of rotatable bonds is 4. The summed E-state index contributed by atoms with van der Waals surface area (Å²) in [6, 6.07) is 3.86. The minimum absolute atomic E-state index is 0.228. The fraction of sp³-hybridized carbons (Fsp3) is 0.400. The molecule has 0 radical (unpaired) electrons. The van der Waals surface area contributed by atoms with Gasteiger partial charge in [-0.3, -0.25) is 10.1 Å². The summed E-state index contributed by atoms with van der Waals surface area (Å²) in [5.41, 5.74) is -0.0215. The zero-order chi connectivity index (χ0) is 17.3. The van der Waals surface area contributed by atoms with Crippen molar-refractivity contribution in [2.75, 3.05) is 6.54 Å². The van der Waals surface area contributed by atoms with Crippen LogP contribution < -0.4 is 0 Å². The van der Waals surface area contributed by atoms with Crippen LogP contribution in [0.1, 0.15) is 36.7 Å². The molecule has 0 aliphatic carbocycles. The molecular weight excluding hydrogens is 332 g/mol. The molecule has 0 amide bonds. The number of nitro groups is 1. The number of sulfonamides is 1. The maximum absolute atomic E-state index is 13.2. The number of hydrogen-bond acceptors (Lipinski definition) is 5. The molecule has 8 nitrogen and oxygen atoms in total. The van der Waals surface area contributed by atoms with E-state index < -0.39 is 26.7 Å². The standard InChI is InChI=1S/C15H18N4O4S/c1-11-5-4-7-12(19(20)21)14(11)24(22,23)18-10-3-2-6-13(18)15-16-8-9-17-15/h4-5,7-9,13H,2-3,6,10H2,1H3,(H,16,17)/t13-/m1/s1. The van der Waals surface area contributed by atoms with Crippen LogP contribution in [0, 0.1) is 17.0 Å². The average Bonchev–Trinajstić information content (AvgIpc) is 3.08. The predicted molar refractivity (Wildman–Crippen MR) is 86.9 cm³/mol. The van der Waals surface area contributed by atoms with E-state index in [1.165, 1.54) is 16.4 Å². The van der Waals surface area contributed by atoms with Crippen molar-refractivity contribution in [1.82, 2.24) is 14.3 Å². The largest absolute Gasteiger partial charge is 0.347 e. The molecule has 0 unspecified atom stereocenters. The quantitative estimate of drug-likeness (QED) is 0.673. The van der Waals surface area contributed by atoms with E-state index in [0.29, 0.717) is 24.4 Å². The number of imidazole rings is 1. The third kappa shape index (κ3) is 2.80. The average molecular weight is 350 g/mol. The SMILES string of the molecule is Cc1cccc([N+](=O)[O-])c1S(=O)(=O)N1CCCC[C@@H]1c1ncc[nH]1. The van der Waals surface area contributed by atoms with E-state index in [2.05, 4.69) is 9.97 Å². The molecule has 1 aliphatic heterocycles. The van der Waals surface area contributed by atoms with Gasteiger partial charge in [0.15, 0.2) is 4.90 Å². The number of nitrogens with one attached hydrogen (secondary N) is 1. The van der Waals surface area contributed by atoms with Gasteiger partial charge in [-0.05, 0) is 25.3 Å². The maximum Gasteiger partial charge on any atom is 0.289 e. The van der Waals surface area contributed by atoms with Crippen molar-refractivity contribution in [2.45, 2.75) is 37.1 Å². The summed E-state index contributed by atoms with van der Waals surface area (Å²) in [5.74, 6) is 0.564. The summed E-state index contributed by atoms with van der Waals surface area (Å²) < 4.78 is 27.8. The van der Waals surface area contributed by atoms with Crippen molar-refractivity contribution >= 4 is 15.7 Å². The van der Waals surface area contributed by atoms with Gasteiger partial charge in [0.1, 0.15) is 5.82 Å². The second-order valence-corrected chi connectivity index (χ2v) is 7.61. The third-order valence-corrected chi connectivity index (χ3v) is 6.34. The highest BCUT2D eigenvalue weighted by Gasteiger charge is 2.39. The molecule has 1 atom stereocenters. The van der Waals surface area contributed by atoms with Gasteiger partial charge in [0.05, 0.1) is 11.0 Å². The maximum atomic E-state index is 13.2. The summed E-state index contributed by atoms with van der Waals surface area (Å²) in [5, 5.41) is 11.3. The number of nitrogens with zero attached hydrogens (tertiary/aromatic N) is 3. The van der Waals surface area contributed by atoms with Crippen LogP contribution in [-0.2, 0) is 10.0 Å². The molecule has 1 aromatic carbocycles. The number of benzene rings is 1. The molecule has 1 aliphatic rings. The van der Waals surface area contributed by atoms with Gasteiger partial charge in [0.25, 0.3) is 15.7 Å². The Balaban J connectivity index is 2.12. The number of piperidine rings is 1. The van der Waals surface area contributed by atoms with Crippen LogP contribution in [0.5, 0.6) is 0 Å². The Morgan fingerprint density at radius 2 is 2.17 bits per heavy atom. The topological polar surface area (TPSA) is 109 Å². The lowest BCUT2D eigenvalue weighted by molar-refractivity contribution is -0.388. The van der Waals surface area contributed by atoms with Crippen molar-refractivity contribution in [3.8, 4) is 0 Å². The highest BCUT2D eigenvalue weighted by atomic mass is 32.2. The summed E-state index contributed by atoms with van der Waals surface area (Å²) in [6.45, 7) is 1.89. The molecular formula is C15H18N4O4S. The number of aryl methyl sites for hydroxylation is 1. The van der Waals surface area contributed by atoms with Crippen LogP contribution in [0.4, 0.5) is 5.69 Å². The van der Waals surface area contributed by atoms with E-state index >= 15 is 0 Å². The molecule has 0 saturated carbocycles. The Morgan fingerprint density at radius 1 is 1.38 bits per heavy atom. The number of H-pyrrole nitrogens is 1. The van der Waals surface area contributed by atoms with E-state index in [1.807, 2.05) is 0 Å². The minimum Gasteiger partial charge on any atom is -0.347 e. The van der Waals surface area contributed by atoms with E-state index in [9.17, 15) is 18.5 Å². The van der Waals surface area contributed by atoms with Crippen LogP contribution in [-0.4, -0.2) is 34.2 Å². The normalized spacial score (nSPS) is 19.3. The van der Waals surface area contributed by atoms with Gasteiger partial charge in [-0.25, -0.2) is 13.4 Å². The molecule has 128 valence electrons. The first-order valence-electron chi connectivity index (χ1n) is 7.68. The van der Waals surface area contributed by atoms with Gasteiger partial charge in [0.2, 0.25) is 0 Å². The van der Waals surface area contributed by atoms with Crippen molar-refractivity contribution in [1.29, 1.82) is 0 Å². The molecule has 9 heteroatoms. The van der Waals surface area contributed by atoms with Crippen molar-refractivity contribution in [2.24, 2.45) is 0 Å². The fourth-order valence-corrected chi connectivity index (χ4v) is 5.19. The molecule has 2 heterocycles. The first-order chi connectivity index (χ1) is 11.4. The van der Waals surface area contributed by atoms with Crippen molar-refractivity contribution in [3.63, 3.8) is 0 Å². The summed E-state index contributed by atoms with van der Waals surface area (Å²) in [7, 11) is -4.01. The lowest BCUT2D eigenvalue weighted by Gasteiger charge is -2.33. The molecule has 3 rings (SSSR count). The fourth-order valence-electron chi connectivity index (χ4n) is 3.16. The van der Waals surface area contributed by atoms with E-state index in [4.69, 9.17) is 0 Å². The summed E-state index contributed by atoms with van der Waals surface area (Å²) in [6.07, 6.45) is 5.45. The minimum atomic E-state index is -4.01. The molecule has 1 aromatic heterocycles. The van der Waals surface area contributed by atoms with Crippen molar-refractivity contribution < 1.29 is 13.3 Å². The molecule has 2 aromatic rings. The molecule has 1 N–H and O–H groups in total. The molecule has 0 spiro atoms. The van der Waals surface area contributed by atoms with Crippen LogP contribution in [0.2, 0.25) is 0 Å². The van der Waals surface area contributed by atoms with Crippen LogP contribution >= 0.6 is 0 Å². The second kappa shape index (κ2) is 6.33. The Labute approximate surface area is 139 Å². The van der Waals surface area contributed by atoms with E-state index in [0.717, 1.165) is 12.8 Å². The first-order valence-corrected chi connectivity index (χ1v) is 9.12. The lowest BCUT2D eigenvalue weighted by Crippen LogP contribution is -2.39. The van der Waals surface area contributed by atoms with Crippen LogP contribution in [0.3, 0.4) is 0 Å². The lowest BCUT2D eigenvalue weighted by atomic mass is 10.0. The second-order valence-electron chi connectivity index (χ2n) is 5.78. The Bertz CT molecular complexity index is 848. The van der Waals surface area contributed by atoms with Crippen LogP contribution in [0.15, 0.2) is 35.5 Å². The molecule has 1 saturated heterocycles. The number of aromatic amines is 1. The van der Waals surface area contributed by atoms with Crippen LogP contribution in [0.25, 0.3) is 0 Å². The zero-order valence-corrected chi connectivity index (χ0v) is 14.0.